The number of aromatic nitrogens is 2. The third-order valence-corrected chi connectivity index (χ3v) is 3.02. The van der Waals surface area contributed by atoms with Crippen molar-refractivity contribution in [2.24, 2.45) is 5.92 Å². The van der Waals surface area contributed by atoms with Gasteiger partial charge in [0.1, 0.15) is 6.10 Å². The summed E-state index contributed by atoms with van der Waals surface area (Å²) in [6, 6.07) is 3.58. The van der Waals surface area contributed by atoms with Gasteiger partial charge < -0.3 is 9.64 Å². The summed E-state index contributed by atoms with van der Waals surface area (Å²) in [5.74, 6) is 0.768. The van der Waals surface area contributed by atoms with E-state index in [0.29, 0.717) is 12.4 Å². The summed E-state index contributed by atoms with van der Waals surface area (Å²) in [6.07, 6.45) is 3.57. The van der Waals surface area contributed by atoms with Crippen LogP contribution >= 0.6 is 0 Å². The smallest absolute Gasteiger partial charge is 0.233 e. The predicted octanol–water partition coefficient (Wildman–Crippen LogP) is 1.50. The van der Waals surface area contributed by atoms with Gasteiger partial charge in [-0.2, -0.15) is 5.10 Å². The van der Waals surface area contributed by atoms with E-state index in [9.17, 15) is 4.79 Å². The van der Waals surface area contributed by atoms with Gasteiger partial charge in [-0.3, -0.25) is 4.79 Å². The Kier molecular flexibility index (Phi) is 4.12. The highest BCUT2D eigenvalue weighted by Gasteiger charge is 2.26. The second-order valence-corrected chi connectivity index (χ2v) is 4.88. The molecule has 0 aliphatic carbocycles. The van der Waals surface area contributed by atoms with E-state index < -0.39 is 0 Å². The average molecular weight is 249 g/mol. The molecule has 1 amide bonds. The molecule has 1 unspecified atom stereocenters. The van der Waals surface area contributed by atoms with Crippen LogP contribution in [0.4, 0.5) is 0 Å². The lowest BCUT2D eigenvalue weighted by molar-refractivity contribution is -0.137. The molecule has 1 aliphatic rings. The number of piperidine rings is 1. The van der Waals surface area contributed by atoms with Crippen molar-refractivity contribution >= 4 is 5.91 Å². The largest absolute Gasteiger partial charge is 0.471 e. The summed E-state index contributed by atoms with van der Waals surface area (Å²) in [4.78, 5) is 13.8. The van der Waals surface area contributed by atoms with E-state index >= 15 is 0 Å². The molecule has 5 nitrogen and oxygen atoms in total. The highest BCUT2D eigenvalue weighted by molar-refractivity contribution is 5.78. The molecule has 1 aromatic rings. The fraction of sp³-hybridized carbons (Fsp3) is 0.615. The number of carbonyl (C=O) groups is 1. The Morgan fingerprint density at radius 2 is 2.39 bits per heavy atom. The second-order valence-electron chi connectivity index (χ2n) is 4.88. The highest BCUT2D eigenvalue weighted by atomic mass is 16.5. The van der Waals surface area contributed by atoms with Gasteiger partial charge in [-0.1, -0.05) is 13.8 Å². The molecule has 1 aromatic heterocycles. The average Bonchev–Trinajstić information content (AvgIpc) is 2.39. The third kappa shape index (κ3) is 3.18. The van der Waals surface area contributed by atoms with Crippen molar-refractivity contribution in [1.82, 2.24) is 15.1 Å². The Balaban J connectivity index is 1.93. The number of nitrogens with zero attached hydrogens (tertiary/aromatic N) is 3. The fourth-order valence-corrected chi connectivity index (χ4v) is 2.12. The number of hydrogen-bond acceptors (Lipinski definition) is 4. The standard InChI is InChI=1S/C13H19N3O2/c1-10(2)13(17)16-8-4-5-11(9-16)18-12-6-3-7-14-15-12/h3,6-7,10-11H,4-5,8-9H2,1-2H3. The van der Waals surface area contributed by atoms with Crippen LogP contribution in [0.2, 0.25) is 0 Å². The Bertz CT molecular complexity index is 394. The highest BCUT2D eigenvalue weighted by Crippen LogP contribution is 2.17. The van der Waals surface area contributed by atoms with E-state index in [2.05, 4.69) is 10.2 Å². The van der Waals surface area contributed by atoms with E-state index in [1.165, 1.54) is 0 Å². The number of carbonyl (C=O) groups excluding carboxylic acids is 1. The molecule has 98 valence electrons. The first-order valence-corrected chi connectivity index (χ1v) is 6.40. The summed E-state index contributed by atoms with van der Waals surface area (Å²) in [7, 11) is 0. The van der Waals surface area contributed by atoms with Crippen molar-refractivity contribution in [3.05, 3.63) is 18.3 Å². The molecule has 2 heterocycles. The molecule has 0 N–H and O–H groups in total. The van der Waals surface area contributed by atoms with Crippen LogP contribution in [0.5, 0.6) is 5.88 Å². The molecule has 1 fully saturated rings. The molecule has 1 aliphatic heterocycles. The Labute approximate surface area is 107 Å². The predicted molar refractivity (Wildman–Crippen MR) is 67.1 cm³/mol. The monoisotopic (exact) mass is 249 g/mol. The van der Waals surface area contributed by atoms with Crippen LogP contribution in [0.25, 0.3) is 0 Å². The second kappa shape index (κ2) is 5.80. The SMILES string of the molecule is CC(C)C(=O)N1CCCC(Oc2cccnn2)C1. The van der Waals surface area contributed by atoms with Crippen molar-refractivity contribution in [2.45, 2.75) is 32.8 Å². The van der Waals surface area contributed by atoms with Crippen LogP contribution in [0.1, 0.15) is 26.7 Å². The van der Waals surface area contributed by atoms with E-state index in [1.807, 2.05) is 18.7 Å². The van der Waals surface area contributed by atoms with Gasteiger partial charge >= 0.3 is 0 Å². The fourth-order valence-electron chi connectivity index (χ4n) is 2.12. The van der Waals surface area contributed by atoms with Crippen LogP contribution in [0.3, 0.4) is 0 Å². The molecule has 0 bridgehead atoms. The molecule has 1 atom stereocenters. The Hall–Kier alpha value is -1.65. The summed E-state index contributed by atoms with van der Waals surface area (Å²) < 4.78 is 5.75. The third-order valence-electron chi connectivity index (χ3n) is 3.02. The zero-order valence-electron chi connectivity index (χ0n) is 10.9. The molecule has 18 heavy (non-hydrogen) atoms. The maximum Gasteiger partial charge on any atom is 0.233 e. The summed E-state index contributed by atoms with van der Waals surface area (Å²) >= 11 is 0. The summed E-state index contributed by atoms with van der Waals surface area (Å²) in [6.45, 7) is 5.33. The van der Waals surface area contributed by atoms with E-state index in [-0.39, 0.29) is 17.9 Å². The molecule has 1 saturated heterocycles. The summed E-state index contributed by atoms with van der Waals surface area (Å²) in [5, 5.41) is 7.68. The van der Waals surface area contributed by atoms with Crippen LogP contribution in [-0.2, 0) is 4.79 Å². The van der Waals surface area contributed by atoms with Crippen molar-refractivity contribution < 1.29 is 9.53 Å². The molecule has 2 rings (SSSR count). The van der Waals surface area contributed by atoms with Crippen molar-refractivity contribution in [3.63, 3.8) is 0 Å². The molecule has 0 aromatic carbocycles. The van der Waals surface area contributed by atoms with Gasteiger partial charge in [0, 0.05) is 24.7 Å². The lowest BCUT2D eigenvalue weighted by Gasteiger charge is -2.33. The van der Waals surface area contributed by atoms with Gasteiger partial charge in [0.2, 0.25) is 11.8 Å². The topological polar surface area (TPSA) is 55.3 Å². The van der Waals surface area contributed by atoms with Gasteiger partial charge in [0.15, 0.2) is 0 Å². The Morgan fingerprint density at radius 1 is 1.56 bits per heavy atom. The number of amides is 1. The zero-order chi connectivity index (χ0) is 13.0. The maximum atomic E-state index is 11.9. The molecule has 0 saturated carbocycles. The van der Waals surface area contributed by atoms with Crippen LogP contribution in [0, 0.1) is 5.92 Å². The minimum absolute atomic E-state index is 0.0261. The number of likely N-dealkylation sites (tertiary alicyclic amines) is 1. The van der Waals surface area contributed by atoms with Crippen LogP contribution < -0.4 is 4.74 Å². The van der Waals surface area contributed by atoms with Crippen molar-refractivity contribution in [2.75, 3.05) is 13.1 Å². The van der Waals surface area contributed by atoms with Gasteiger partial charge in [0.25, 0.3) is 0 Å². The maximum absolute atomic E-state index is 11.9. The molecule has 5 heteroatoms. The lowest BCUT2D eigenvalue weighted by Crippen LogP contribution is -2.45. The van der Waals surface area contributed by atoms with Gasteiger partial charge in [-0.05, 0) is 18.9 Å². The minimum Gasteiger partial charge on any atom is -0.471 e. The minimum atomic E-state index is 0.0261. The molecular formula is C13H19N3O2. The summed E-state index contributed by atoms with van der Waals surface area (Å²) in [5.41, 5.74) is 0. The number of ether oxygens (including phenoxy) is 1. The van der Waals surface area contributed by atoms with Gasteiger partial charge in [-0.25, -0.2) is 0 Å². The molecule has 0 spiro atoms. The Morgan fingerprint density at radius 3 is 3.06 bits per heavy atom. The van der Waals surface area contributed by atoms with Crippen molar-refractivity contribution in [3.8, 4) is 5.88 Å². The van der Waals surface area contributed by atoms with E-state index in [0.717, 1.165) is 19.4 Å². The van der Waals surface area contributed by atoms with Gasteiger partial charge in [0.05, 0.1) is 6.54 Å². The number of rotatable bonds is 3. The quantitative estimate of drug-likeness (QED) is 0.814. The van der Waals surface area contributed by atoms with Crippen LogP contribution in [0.15, 0.2) is 18.3 Å². The number of hydrogen-bond donors (Lipinski definition) is 0. The molecule has 0 radical (unpaired) electrons. The normalized spacial score (nSPS) is 19.9. The van der Waals surface area contributed by atoms with E-state index in [4.69, 9.17) is 4.74 Å². The first-order valence-electron chi connectivity index (χ1n) is 6.40. The zero-order valence-corrected chi connectivity index (χ0v) is 10.9. The van der Waals surface area contributed by atoms with Crippen LogP contribution in [-0.4, -0.2) is 40.2 Å². The molecular weight excluding hydrogens is 230 g/mol. The van der Waals surface area contributed by atoms with E-state index in [1.54, 1.807) is 18.3 Å². The van der Waals surface area contributed by atoms with Gasteiger partial charge in [-0.15, -0.1) is 5.10 Å². The first kappa shape index (κ1) is 12.8. The van der Waals surface area contributed by atoms with Crippen molar-refractivity contribution in [1.29, 1.82) is 0 Å². The lowest BCUT2D eigenvalue weighted by atomic mass is 10.1. The first-order chi connectivity index (χ1) is 8.66.